The number of pyridine rings is 1. The Balaban J connectivity index is 0.00000102. The monoisotopic (exact) mass is 509 g/mol. The molecule has 5 rings (SSSR count). The van der Waals surface area contributed by atoms with Gasteiger partial charge in [-0.25, -0.2) is 4.98 Å². The summed E-state index contributed by atoms with van der Waals surface area (Å²) in [4.78, 5) is 15.9. The predicted molar refractivity (Wildman–Crippen MR) is 147 cm³/mol. The first kappa shape index (κ1) is 26.9. The summed E-state index contributed by atoms with van der Waals surface area (Å²) in [5.74, 6) is 1.51. The second kappa shape index (κ2) is 12.9. The molecule has 8 nitrogen and oxygen atoms in total. The van der Waals surface area contributed by atoms with Crippen LogP contribution in [-0.4, -0.2) is 73.1 Å². The molecule has 0 radical (unpaired) electrons. The Kier molecular flexibility index (Phi) is 9.41. The first-order chi connectivity index (χ1) is 18.0. The number of anilines is 1. The molecule has 0 saturated carbocycles. The fourth-order valence-corrected chi connectivity index (χ4v) is 5.53. The van der Waals surface area contributed by atoms with Crippen LogP contribution >= 0.6 is 0 Å². The third kappa shape index (κ3) is 6.81. The van der Waals surface area contributed by atoms with E-state index < -0.39 is 0 Å². The summed E-state index contributed by atoms with van der Waals surface area (Å²) >= 11 is 0. The van der Waals surface area contributed by atoms with Crippen molar-refractivity contribution in [3.8, 4) is 11.5 Å². The Morgan fingerprint density at radius 3 is 2.49 bits per heavy atom. The second-order valence-electron chi connectivity index (χ2n) is 9.95. The zero-order valence-corrected chi connectivity index (χ0v) is 22.1. The zero-order valence-electron chi connectivity index (χ0n) is 22.1. The van der Waals surface area contributed by atoms with E-state index in [2.05, 4.69) is 48.3 Å². The van der Waals surface area contributed by atoms with Crippen molar-refractivity contribution in [3.05, 3.63) is 36.4 Å². The molecule has 2 N–H and O–H groups in total. The lowest BCUT2D eigenvalue weighted by molar-refractivity contribution is -0.122. The zero-order chi connectivity index (χ0) is 26.2. The summed E-state index contributed by atoms with van der Waals surface area (Å²) in [7, 11) is 1.71. The molecule has 2 unspecified atom stereocenters. The lowest BCUT2D eigenvalue weighted by Crippen LogP contribution is -2.37. The maximum atomic E-state index is 8.36. The molecular formula is C29H39N3O5. The molecule has 0 amide bonds. The SMILES string of the molecule is COc1cc2c(NC3CC(C)OC(C)C3)c3ccccc3nc2cc1OCCCN1CCCC1.O=CO. The number of hydrogen-bond donors (Lipinski definition) is 2. The fourth-order valence-electron chi connectivity index (χ4n) is 5.53. The number of rotatable bonds is 8. The summed E-state index contributed by atoms with van der Waals surface area (Å²) < 4.78 is 17.9. The number of nitrogens with one attached hydrogen (secondary N) is 1. The van der Waals surface area contributed by atoms with Gasteiger partial charge in [0.15, 0.2) is 11.5 Å². The first-order valence-electron chi connectivity index (χ1n) is 13.3. The van der Waals surface area contributed by atoms with E-state index in [1.807, 2.05) is 12.1 Å². The van der Waals surface area contributed by atoms with Crippen LogP contribution in [-0.2, 0) is 9.53 Å². The van der Waals surface area contributed by atoms with Crippen molar-refractivity contribution in [2.24, 2.45) is 0 Å². The molecular weight excluding hydrogens is 470 g/mol. The van der Waals surface area contributed by atoms with Gasteiger partial charge in [-0.3, -0.25) is 4.79 Å². The average Bonchev–Trinajstić information content (AvgIpc) is 3.40. The molecule has 2 fully saturated rings. The predicted octanol–water partition coefficient (Wildman–Crippen LogP) is 5.33. The van der Waals surface area contributed by atoms with Crippen molar-refractivity contribution < 1.29 is 24.1 Å². The quantitative estimate of drug-likeness (QED) is 0.239. The second-order valence-corrected chi connectivity index (χ2v) is 9.95. The molecule has 37 heavy (non-hydrogen) atoms. The standard InChI is InChI=1S/C28H37N3O3.CH2O2/c1-19-15-21(16-20(2)34-19)29-28-22-9-4-5-10-24(22)30-25-18-27(26(32-3)17-23(25)28)33-14-8-13-31-11-6-7-12-31;2-1-3/h4-5,9-10,17-21H,6-8,11-16H2,1-3H3,(H,29,30);1H,(H,2,3). The van der Waals surface area contributed by atoms with Gasteiger partial charge in [-0.1, -0.05) is 18.2 Å². The van der Waals surface area contributed by atoms with Gasteiger partial charge in [-0.05, 0) is 71.2 Å². The van der Waals surface area contributed by atoms with E-state index in [9.17, 15) is 0 Å². The van der Waals surface area contributed by atoms with E-state index in [1.54, 1.807) is 7.11 Å². The smallest absolute Gasteiger partial charge is 0.290 e. The highest BCUT2D eigenvalue weighted by Gasteiger charge is 2.26. The Bertz CT molecular complexity index is 1170. The summed E-state index contributed by atoms with van der Waals surface area (Å²) in [6.45, 7) is 8.27. The van der Waals surface area contributed by atoms with Gasteiger partial charge >= 0.3 is 0 Å². The number of carbonyl (C=O) groups is 1. The molecule has 2 atom stereocenters. The summed E-state index contributed by atoms with van der Waals surface area (Å²) in [6, 6.07) is 12.8. The number of aromatic nitrogens is 1. The Labute approximate surface area is 218 Å². The number of likely N-dealkylation sites (tertiary alicyclic amines) is 1. The highest BCUT2D eigenvalue weighted by Crippen LogP contribution is 2.39. The molecule has 2 aliphatic heterocycles. The number of carboxylic acid groups (broad SMARTS) is 1. The number of methoxy groups -OCH3 is 1. The molecule has 0 spiro atoms. The molecule has 0 aliphatic carbocycles. The van der Waals surface area contributed by atoms with Crippen LogP contribution in [0, 0.1) is 0 Å². The highest BCUT2D eigenvalue weighted by atomic mass is 16.5. The Hall–Kier alpha value is -3.10. The van der Waals surface area contributed by atoms with E-state index >= 15 is 0 Å². The fraction of sp³-hybridized carbons (Fsp3) is 0.517. The van der Waals surface area contributed by atoms with Crippen molar-refractivity contribution >= 4 is 34.0 Å². The van der Waals surface area contributed by atoms with E-state index in [-0.39, 0.29) is 18.7 Å². The number of ether oxygens (including phenoxy) is 3. The lowest BCUT2D eigenvalue weighted by Gasteiger charge is -2.33. The van der Waals surface area contributed by atoms with Crippen molar-refractivity contribution in [1.82, 2.24) is 9.88 Å². The first-order valence-corrected chi connectivity index (χ1v) is 13.3. The van der Waals surface area contributed by atoms with Crippen LogP contribution in [0.4, 0.5) is 5.69 Å². The molecule has 8 heteroatoms. The number of nitrogens with zero attached hydrogens (tertiary/aromatic N) is 2. The maximum Gasteiger partial charge on any atom is 0.290 e. The molecule has 2 saturated heterocycles. The van der Waals surface area contributed by atoms with Gasteiger partial charge in [-0.15, -0.1) is 0 Å². The van der Waals surface area contributed by atoms with Crippen molar-refractivity contribution in [2.75, 3.05) is 38.7 Å². The van der Waals surface area contributed by atoms with Crippen LogP contribution in [0.15, 0.2) is 36.4 Å². The van der Waals surface area contributed by atoms with Gasteiger partial charge in [0.2, 0.25) is 0 Å². The minimum absolute atomic E-state index is 0.246. The van der Waals surface area contributed by atoms with Crippen LogP contribution in [0.25, 0.3) is 21.8 Å². The van der Waals surface area contributed by atoms with E-state index in [4.69, 9.17) is 29.1 Å². The Morgan fingerprint density at radius 2 is 1.78 bits per heavy atom. The lowest BCUT2D eigenvalue weighted by atomic mass is 9.98. The Morgan fingerprint density at radius 1 is 1.08 bits per heavy atom. The summed E-state index contributed by atoms with van der Waals surface area (Å²) in [5.41, 5.74) is 3.02. The van der Waals surface area contributed by atoms with Crippen molar-refractivity contribution in [2.45, 2.75) is 64.2 Å². The summed E-state index contributed by atoms with van der Waals surface area (Å²) in [5, 5.41) is 12.9. The average molecular weight is 510 g/mol. The van der Waals surface area contributed by atoms with Gasteiger partial charge in [-0.2, -0.15) is 0 Å². The van der Waals surface area contributed by atoms with Gasteiger partial charge in [0.05, 0.1) is 42.6 Å². The normalized spacial score (nSPS) is 21.9. The van der Waals surface area contributed by atoms with E-state index in [0.29, 0.717) is 12.6 Å². The molecule has 3 aromatic rings. The molecule has 3 heterocycles. The van der Waals surface area contributed by atoms with Crippen LogP contribution in [0.2, 0.25) is 0 Å². The molecule has 2 aromatic carbocycles. The van der Waals surface area contributed by atoms with Crippen LogP contribution in [0.1, 0.15) is 46.0 Å². The van der Waals surface area contributed by atoms with Crippen molar-refractivity contribution in [3.63, 3.8) is 0 Å². The number of hydrogen-bond acceptors (Lipinski definition) is 7. The number of fused-ring (bicyclic) bond motifs is 2. The van der Waals surface area contributed by atoms with Gasteiger partial charge in [0.25, 0.3) is 6.47 Å². The largest absolute Gasteiger partial charge is 0.493 e. The molecule has 200 valence electrons. The third-order valence-corrected chi connectivity index (χ3v) is 7.09. The minimum atomic E-state index is -0.250. The molecule has 1 aromatic heterocycles. The van der Waals surface area contributed by atoms with Gasteiger partial charge < -0.3 is 29.5 Å². The van der Waals surface area contributed by atoms with E-state index in [1.165, 1.54) is 25.9 Å². The van der Waals surface area contributed by atoms with Crippen LogP contribution in [0.3, 0.4) is 0 Å². The number of para-hydroxylation sites is 1. The van der Waals surface area contributed by atoms with Gasteiger partial charge in [0, 0.05) is 29.4 Å². The van der Waals surface area contributed by atoms with Gasteiger partial charge in [0.1, 0.15) is 0 Å². The summed E-state index contributed by atoms with van der Waals surface area (Å²) in [6.07, 6.45) is 6.11. The van der Waals surface area contributed by atoms with Crippen LogP contribution < -0.4 is 14.8 Å². The topological polar surface area (TPSA) is 93.2 Å². The van der Waals surface area contributed by atoms with Crippen molar-refractivity contribution in [1.29, 1.82) is 0 Å². The third-order valence-electron chi connectivity index (χ3n) is 7.09. The minimum Gasteiger partial charge on any atom is -0.493 e. The number of benzene rings is 2. The van der Waals surface area contributed by atoms with Crippen LogP contribution in [0.5, 0.6) is 11.5 Å². The maximum absolute atomic E-state index is 8.36. The molecule has 0 bridgehead atoms. The van der Waals surface area contributed by atoms with E-state index in [0.717, 1.165) is 64.8 Å². The highest BCUT2D eigenvalue weighted by molar-refractivity contribution is 6.08. The molecule has 2 aliphatic rings.